The van der Waals surface area contributed by atoms with Crippen LogP contribution in [-0.4, -0.2) is 58.2 Å². The third-order valence-electron chi connectivity index (χ3n) is 5.51. The summed E-state index contributed by atoms with van der Waals surface area (Å²) in [6.45, 7) is 3.27. The van der Waals surface area contributed by atoms with Gasteiger partial charge in [-0.2, -0.15) is 0 Å². The first-order valence-electron chi connectivity index (χ1n) is 9.10. The van der Waals surface area contributed by atoms with Crippen molar-refractivity contribution in [1.82, 2.24) is 19.9 Å². The molecule has 1 atom stereocenters. The number of hydrogen-bond donors (Lipinski definition) is 0. The standard InChI is InChI=1S/C19H24FN5O/c1-24(13-16-4-2-3-7-21-16)17-10-19(26-14-17)5-8-25(9-6-19)18-22-11-15(20)12-23-18/h2-4,7,11-12,17H,5-6,8-10,13-14H2,1H3/t17-/m0/s1. The molecule has 2 aliphatic heterocycles. The molecule has 0 radical (unpaired) electrons. The lowest BCUT2D eigenvalue weighted by Crippen LogP contribution is -2.45. The molecule has 6 nitrogen and oxygen atoms in total. The zero-order chi connectivity index (χ0) is 18.0. The lowest BCUT2D eigenvalue weighted by atomic mass is 9.87. The van der Waals surface area contributed by atoms with Gasteiger partial charge in [0.1, 0.15) is 0 Å². The normalized spacial score (nSPS) is 22.3. The van der Waals surface area contributed by atoms with E-state index in [9.17, 15) is 4.39 Å². The number of halogens is 1. The average molecular weight is 357 g/mol. The molecule has 2 saturated heterocycles. The monoisotopic (exact) mass is 357 g/mol. The first-order chi connectivity index (χ1) is 12.6. The molecule has 7 heteroatoms. The van der Waals surface area contributed by atoms with E-state index in [4.69, 9.17) is 4.74 Å². The molecule has 2 aromatic heterocycles. The average Bonchev–Trinajstić information content (AvgIpc) is 3.08. The number of nitrogens with zero attached hydrogens (tertiary/aromatic N) is 5. The minimum absolute atomic E-state index is 0.0560. The first kappa shape index (κ1) is 17.3. The molecule has 2 aliphatic rings. The van der Waals surface area contributed by atoms with Crippen molar-refractivity contribution in [2.75, 3.05) is 31.6 Å². The van der Waals surface area contributed by atoms with Gasteiger partial charge in [-0.05, 0) is 38.4 Å². The molecular formula is C19H24FN5O. The maximum atomic E-state index is 13.0. The molecule has 0 saturated carbocycles. The highest BCUT2D eigenvalue weighted by Gasteiger charge is 2.44. The molecule has 1 spiro atoms. The number of ether oxygens (including phenoxy) is 1. The van der Waals surface area contributed by atoms with E-state index < -0.39 is 5.82 Å². The number of rotatable bonds is 4. The number of likely N-dealkylation sites (N-methyl/N-ethyl adjacent to an activating group) is 1. The lowest BCUT2D eigenvalue weighted by Gasteiger charge is -2.38. The Morgan fingerprint density at radius 3 is 2.69 bits per heavy atom. The van der Waals surface area contributed by atoms with Crippen molar-refractivity contribution in [3.63, 3.8) is 0 Å². The van der Waals surface area contributed by atoms with E-state index in [2.05, 4.69) is 37.9 Å². The Balaban J connectivity index is 1.33. The molecule has 0 bridgehead atoms. The van der Waals surface area contributed by atoms with Crippen LogP contribution in [-0.2, 0) is 11.3 Å². The van der Waals surface area contributed by atoms with Crippen molar-refractivity contribution < 1.29 is 9.13 Å². The van der Waals surface area contributed by atoms with Gasteiger partial charge in [0.25, 0.3) is 0 Å². The Kier molecular flexibility index (Phi) is 4.82. The van der Waals surface area contributed by atoms with Crippen LogP contribution in [0.5, 0.6) is 0 Å². The van der Waals surface area contributed by atoms with Crippen LogP contribution in [0.4, 0.5) is 10.3 Å². The van der Waals surface area contributed by atoms with E-state index in [0.717, 1.165) is 51.2 Å². The summed E-state index contributed by atoms with van der Waals surface area (Å²) >= 11 is 0. The van der Waals surface area contributed by atoms with Gasteiger partial charge in [-0.3, -0.25) is 9.88 Å². The molecule has 4 rings (SSSR count). The summed E-state index contributed by atoms with van der Waals surface area (Å²) in [5.41, 5.74) is 1.03. The van der Waals surface area contributed by atoms with Crippen molar-refractivity contribution in [2.45, 2.75) is 37.5 Å². The van der Waals surface area contributed by atoms with Gasteiger partial charge in [0.05, 0.1) is 30.3 Å². The van der Waals surface area contributed by atoms with Crippen LogP contribution >= 0.6 is 0 Å². The van der Waals surface area contributed by atoms with E-state index in [1.807, 2.05) is 18.3 Å². The van der Waals surface area contributed by atoms with E-state index in [-0.39, 0.29) is 5.60 Å². The van der Waals surface area contributed by atoms with Crippen LogP contribution in [0.15, 0.2) is 36.8 Å². The van der Waals surface area contributed by atoms with Crippen LogP contribution in [0, 0.1) is 5.82 Å². The van der Waals surface area contributed by atoms with Gasteiger partial charge < -0.3 is 9.64 Å². The second-order valence-electron chi connectivity index (χ2n) is 7.28. The molecule has 4 heterocycles. The zero-order valence-electron chi connectivity index (χ0n) is 15.0. The van der Waals surface area contributed by atoms with Crippen LogP contribution in [0.25, 0.3) is 0 Å². The van der Waals surface area contributed by atoms with Crippen molar-refractivity contribution in [1.29, 1.82) is 0 Å². The Labute approximate surface area is 153 Å². The Hall–Kier alpha value is -2.12. The van der Waals surface area contributed by atoms with Gasteiger partial charge in [-0.25, -0.2) is 14.4 Å². The van der Waals surface area contributed by atoms with Crippen molar-refractivity contribution in [3.05, 3.63) is 48.3 Å². The first-order valence-corrected chi connectivity index (χ1v) is 9.10. The van der Waals surface area contributed by atoms with E-state index in [1.54, 1.807) is 0 Å². The molecule has 26 heavy (non-hydrogen) atoms. The number of aromatic nitrogens is 3. The highest BCUT2D eigenvalue weighted by atomic mass is 19.1. The molecule has 0 N–H and O–H groups in total. The van der Waals surface area contributed by atoms with Crippen molar-refractivity contribution >= 4 is 5.95 Å². The van der Waals surface area contributed by atoms with Crippen LogP contribution < -0.4 is 4.90 Å². The molecular weight excluding hydrogens is 333 g/mol. The Morgan fingerprint density at radius 2 is 2.00 bits per heavy atom. The summed E-state index contributed by atoms with van der Waals surface area (Å²) in [6, 6.07) is 6.43. The Bertz CT molecular complexity index is 718. The third kappa shape index (κ3) is 3.68. The minimum atomic E-state index is -0.403. The number of pyridine rings is 1. The zero-order valence-corrected chi connectivity index (χ0v) is 15.0. The summed E-state index contributed by atoms with van der Waals surface area (Å²) in [6.07, 6.45) is 7.21. The van der Waals surface area contributed by atoms with Gasteiger partial charge in [-0.15, -0.1) is 0 Å². The molecule has 0 aliphatic carbocycles. The lowest BCUT2D eigenvalue weighted by molar-refractivity contribution is -0.0159. The molecule has 0 amide bonds. The van der Waals surface area contributed by atoms with Gasteiger partial charge in [0.2, 0.25) is 5.95 Å². The topological polar surface area (TPSA) is 54.4 Å². The summed E-state index contributed by atoms with van der Waals surface area (Å²) in [4.78, 5) is 17.0. The van der Waals surface area contributed by atoms with E-state index >= 15 is 0 Å². The summed E-state index contributed by atoms with van der Waals surface area (Å²) in [7, 11) is 2.14. The molecule has 138 valence electrons. The van der Waals surface area contributed by atoms with Crippen LogP contribution in [0.3, 0.4) is 0 Å². The summed E-state index contributed by atoms with van der Waals surface area (Å²) in [5, 5.41) is 0. The maximum Gasteiger partial charge on any atom is 0.225 e. The van der Waals surface area contributed by atoms with Gasteiger partial charge in [0.15, 0.2) is 5.82 Å². The summed E-state index contributed by atoms with van der Waals surface area (Å²) in [5.74, 6) is 0.197. The fraction of sp³-hybridized carbons (Fsp3) is 0.526. The molecule has 0 unspecified atom stereocenters. The quantitative estimate of drug-likeness (QED) is 0.837. The largest absolute Gasteiger partial charge is 0.373 e. The predicted octanol–water partition coefficient (Wildman–Crippen LogP) is 2.27. The summed E-state index contributed by atoms with van der Waals surface area (Å²) < 4.78 is 19.3. The highest BCUT2D eigenvalue weighted by molar-refractivity contribution is 5.30. The predicted molar refractivity (Wildman–Crippen MR) is 96.2 cm³/mol. The van der Waals surface area contributed by atoms with E-state index in [0.29, 0.717) is 12.0 Å². The minimum Gasteiger partial charge on any atom is -0.373 e. The molecule has 2 aromatic rings. The number of anilines is 1. The smallest absolute Gasteiger partial charge is 0.225 e. The van der Waals surface area contributed by atoms with Crippen molar-refractivity contribution in [2.24, 2.45) is 0 Å². The SMILES string of the molecule is CN(Cc1ccccn1)[C@@H]1COC2(CCN(c3ncc(F)cn3)CC2)C1. The maximum absolute atomic E-state index is 13.0. The highest BCUT2D eigenvalue weighted by Crippen LogP contribution is 2.38. The molecule has 0 aromatic carbocycles. The fourth-order valence-corrected chi connectivity index (χ4v) is 3.91. The Morgan fingerprint density at radius 1 is 1.23 bits per heavy atom. The second-order valence-corrected chi connectivity index (χ2v) is 7.28. The third-order valence-corrected chi connectivity index (χ3v) is 5.51. The van der Waals surface area contributed by atoms with Crippen LogP contribution in [0.1, 0.15) is 25.0 Å². The van der Waals surface area contributed by atoms with Crippen LogP contribution in [0.2, 0.25) is 0 Å². The molecule has 2 fully saturated rings. The van der Waals surface area contributed by atoms with Crippen molar-refractivity contribution in [3.8, 4) is 0 Å². The van der Waals surface area contributed by atoms with Gasteiger partial charge in [-0.1, -0.05) is 6.07 Å². The number of hydrogen-bond acceptors (Lipinski definition) is 6. The van der Waals surface area contributed by atoms with Gasteiger partial charge >= 0.3 is 0 Å². The van der Waals surface area contributed by atoms with E-state index in [1.165, 1.54) is 12.4 Å². The fourth-order valence-electron chi connectivity index (χ4n) is 3.91. The second kappa shape index (κ2) is 7.25. The number of piperidine rings is 1. The van der Waals surface area contributed by atoms with Gasteiger partial charge in [0, 0.05) is 31.9 Å².